The van der Waals surface area contributed by atoms with Gasteiger partial charge in [-0.2, -0.15) is 0 Å². The van der Waals surface area contributed by atoms with Gasteiger partial charge in [-0.15, -0.1) is 0 Å². The molecule has 15 heavy (non-hydrogen) atoms. The van der Waals surface area contributed by atoms with Crippen molar-refractivity contribution in [2.24, 2.45) is 0 Å². The van der Waals surface area contributed by atoms with Crippen LogP contribution in [0, 0.1) is 6.92 Å². The Balaban J connectivity index is 2.64. The normalized spacial score (nSPS) is 17.3. The third-order valence-corrected chi connectivity index (χ3v) is 2.25. The summed E-state index contributed by atoms with van der Waals surface area (Å²) in [4.78, 5) is 4.27. The van der Waals surface area contributed by atoms with Gasteiger partial charge < -0.3 is 9.88 Å². The van der Waals surface area contributed by atoms with Crippen LogP contribution in [0.1, 0.15) is 16.6 Å². The summed E-state index contributed by atoms with van der Waals surface area (Å²) in [6, 6.07) is 5.71. The van der Waals surface area contributed by atoms with Crippen LogP contribution in [0.15, 0.2) is 24.4 Å². The van der Waals surface area contributed by atoms with E-state index in [1.54, 1.807) is 6.20 Å². The van der Waals surface area contributed by atoms with Gasteiger partial charge in [0.1, 0.15) is 0 Å². The average molecular weight is 206 g/mol. The van der Waals surface area contributed by atoms with Gasteiger partial charge in [0.05, 0.1) is 0 Å². The van der Waals surface area contributed by atoms with Gasteiger partial charge in [-0.1, -0.05) is 11.6 Å². The molecule has 0 spiro atoms. The molecule has 0 fully saturated rings. The maximum absolute atomic E-state index is 8.20. The van der Waals surface area contributed by atoms with Crippen molar-refractivity contribution in [2.75, 3.05) is 20.6 Å². The van der Waals surface area contributed by atoms with Gasteiger partial charge >= 0.3 is 0 Å². The third kappa shape index (κ3) is 2.21. The number of hydrogen-bond acceptors (Lipinski definition) is 1. The summed E-state index contributed by atoms with van der Waals surface area (Å²) < 4.78 is 32.4. The van der Waals surface area contributed by atoms with Crippen LogP contribution in [-0.2, 0) is 6.37 Å². The van der Waals surface area contributed by atoms with E-state index in [4.69, 9.17) is 5.48 Å². The largest absolute Gasteiger partial charge is 0.361 e. The van der Waals surface area contributed by atoms with Crippen LogP contribution < -0.4 is 0 Å². The molecule has 2 rings (SSSR count). The van der Waals surface area contributed by atoms with Crippen molar-refractivity contribution >= 4 is 10.9 Å². The molecule has 0 saturated carbocycles. The summed E-state index contributed by atoms with van der Waals surface area (Å²) in [6.07, 6.45) is -0.548. The van der Waals surface area contributed by atoms with Gasteiger partial charge in [0.2, 0.25) is 0 Å². The highest BCUT2D eigenvalue weighted by Gasteiger charge is 2.03. The lowest BCUT2D eigenvalue weighted by atomic mass is 10.1. The molecule has 0 atom stereocenters. The van der Waals surface area contributed by atoms with E-state index in [-0.39, 0.29) is 0 Å². The van der Waals surface area contributed by atoms with Gasteiger partial charge in [0, 0.05) is 29.1 Å². The van der Waals surface area contributed by atoms with Crippen LogP contribution in [0.4, 0.5) is 0 Å². The zero-order chi connectivity index (χ0) is 14.4. The number of aromatic nitrogens is 1. The lowest BCUT2D eigenvalue weighted by molar-refractivity contribution is 0.414. The SMILES string of the molecule is [2H]C([2H])(c1c[nH]c2ccc(C)cc12)C([2H])([2H])N(C)C. The first-order chi connectivity index (χ1) is 8.68. The molecule has 0 amide bonds. The van der Waals surface area contributed by atoms with Gasteiger partial charge in [0.15, 0.2) is 0 Å². The van der Waals surface area contributed by atoms with E-state index >= 15 is 0 Å². The minimum absolute atomic E-state index is 0.352. The van der Waals surface area contributed by atoms with E-state index in [1.165, 1.54) is 19.0 Å². The van der Waals surface area contributed by atoms with Crippen LogP contribution in [0.5, 0.6) is 0 Å². The topological polar surface area (TPSA) is 19.0 Å². The number of fused-ring (bicyclic) bond motifs is 1. The van der Waals surface area contributed by atoms with Gasteiger partial charge in [0.25, 0.3) is 0 Å². The Bertz CT molecular complexity index is 602. The zero-order valence-corrected chi connectivity index (χ0v) is 9.26. The molecule has 0 unspecified atom stereocenters. The van der Waals surface area contributed by atoms with Crippen molar-refractivity contribution in [2.45, 2.75) is 13.3 Å². The highest BCUT2D eigenvalue weighted by Crippen LogP contribution is 2.19. The summed E-state index contributed by atoms with van der Waals surface area (Å²) in [5.41, 5.74) is 2.19. The van der Waals surface area contributed by atoms with Crippen molar-refractivity contribution in [1.82, 2.24) is 9.88 Å². The number of rotatable bonds is 3. The average Bonchev–Trinajstić information content (AvgIpc) is 2.71. The molecular formula is C13H18N2. The van der Waals surface area contributed by atoms with Crippen molar-refractivity contribution in [1.29, 1.82) is 0 Å². The summed E-state index contributed by atoms with van der Waals surface area (Å²) in [5.74, 6) is 0. The molecule has 80 valence electrons. The number of H-pyrrole nitrogens is 1. The second-order valence-corrected chi connectivity index (χ2v) is 3.88. The Morgan fingerprint density at radius 3 is 2.93 bits per heavy atom. The minimum Gasteiger partial charge on any atom is -0.361 e. The van der Waals surface area contributed by atoms with E-state index in [0.717, 1.165) is 16.5 Å². The monoisotopic (exact) mass is 206 g/mol. The van der Waals surface area contributed by atoms with Gasteiger partial charge in [-0.05, 0) is 45.1 Å². The molecule has 2 aromatic rings. The fourth-order valence-corrected chi connectivity index (χ4v) is 1.51. The Hall–Kier alpha value is -1.28. The highest BCUT2D eigenvalue weighted by molar-refractivity contribution is 5.83. The van der Waals surface area contributed by atoms with Crippen molar-refractivity contribution < 1.29 is 5.48 Å². The van der Waals surface area contributed by atoms with Crippen LogP contribution in [0.25, 0.3) is 10.9 Å². The van der Waals surface area contributed by atoms with Crippen LogP contribution in [-0.4, -0.2) is 30.5 Å². The number of benzene rings is 1. The second kappa shape index (κ2) is 4.07. The molecule has 1 heterocycles. The van der Waals surface area contributed by atoms with Crippen LogP contribution in [0.2, 0.25) is 0 Å². The molecule has 0 aliphatic carbocycles. The minimum atomic E-state index is -2.11. The fourth-order valence-electron chi connectivity index (χ4n) is 1.51. The predicted octanol–water partition coefficient (Wildman–Crippen LogP) is 2.58. The number of likely N-dealkylation sites (N-methyl/N-ethyl adjacent to an activating group) is 1. The standard InChI is InChI=1S/C13H18N2/c1-10-4-5-13-12(8-10)11(9-14-13)6-7-15(2)3/h4-5,8-9,14H,6-7H2,1-3H3/i6D2,7D2. The molecule has 0 aliphatic rings. The third-order valence-electron chi connectivity index (χ3n) is 2.25. The summed E-state index contributed by atoms with van der Waals surface area (Å²) in [6.45, 7) is -0.155. The van der Waals surface area contributed by atoms with Crippen molar-refractivity contribution in [3.63, 3.8) is 0 Å². The lowest BCUT2D eigenvalue weighted by Gasteiger charge is -2.08. The lowest BCUT2D eigenvalue weighted by Crippen LogP contribution is -2.14. The Kier molecular flexibility index (Phi) is 1.72. The van der Waals surface area contributed by atoms with E-state index in [1.807, 2.05) is 25.1 Å². The van der Waals surface area contributed by atoms with Crippen LogP contribution >= 0.6 is 0 Å². The number of nitrogens with zero attached hydrogens (tertiary/aromatic N) is 1. The zero-order valence-electron chi connectivity index (χ0n) is 13.3. The van der Waals surface area contributed by atoms with Crippen LogP contribution in [0.3, 0.4) is 0 Å². The number of nitrogens with one attached hydrogen (secondary N) is 1. The maximum atomic E-state index is 8.20. The molecule has 0 bridgehead atoms. The van der Waals surface area contributed by atoms with Crippen molar-refractivity contribution in [3.05, 3.63) is 35.5 Å². The smallest absolute Gasteiger partial charge is 0.0456 e. The molecule has 0 radical (unpaired) electrons. The van der Waals surface area contributed by atoms with Crippen molar-refractivity contribution in [3.8, 4) is 0 Å². The molecule has 1 aromatic heterocycles. The summed E-state index contributed by atoms with van der Waals surface area (Å²) >= 11 is 0. The molecule has 1 N–H and O–H groups in total. The Labute approximate surface area is 96.5 Å². The Morgan fingerprint density at radius 2 is 2.20 bits per heavy atom. The number of hydrogen-bond donors (Lipinski definition) is 1. The second-order valence-electron chi connectivity index (χ2n) is 3.88. The van der Waals surface area contributed by atoms with E-state index in [2.05, 4.69) is 4.98 Å². The summed E-state index contributed by atoms with van der Waals surface area (Å²) in [5, 5.41) is 0.732. The molecule has 0 saturated heterocycles. The molecule has 1 aromatic carbocycles. The number of aromatic amines is 1. The van der Waals surface area contributed by atoms with E-state index < -0.39 is 12.9 Å². The first kappa shape index (κ1) is 6.33. The number of aryl methyl sites for hydroxylation is 2. The maximum Gasteiger partial charge on any atom is 0.0456 e. The molecule has 2 heteroatoms. The fraction of sp³-hybridized carbons (Fsp3) is 0.385. The molecule has 2 nitrogen and oxygen atoms in total. The first-order valence-corrected chi connectivity index (χ1v) is 4.93. The van der Waals surface area contributed by atoms with E-state index in [9.17, 15) is 0 Å². The van der Waals surface area contributed by atoms with E-state index in [0.29, 0.717) is 5.56 Å². The quantitative estimate of drug-likeness (QED) is 0.818. The first-order valence-electron chi connectivity index (χ1n) is 6.93. The Morgan fingerprint density at radius 1 is 1.40 bits per heavy atom. The van der Waals surface area contributed by atoms with Gasteiger partial charge in [-0.25, -0.2) is 0 Å². The van der Waals surface area contributed by atoms with Gasteiger partial charge in [-0.3, -0.25) is 0 Å². The highest BCUT2D eigenvalue weighted by atomic mass is 15.0. The molecule has 0 aliphatic heterocycles. The molecular weight excluding hydrogens is 184 g/mol. The summed E-state index contributed by atoms with van der Waals surface area (Å²) in [7, 11) is 3.08. The predicted molar refractivity (Wildman–Crippen MR) is 65.3 cm³/mol.